The highest BCUT2D eigenvalue weighted by Crippen LogP contribution is 2.05. The van der Waals surface area contributed by atoms with Crippen molar-refractivity contribution in [3.05, 3.63) is 35.4 Å². The molecule has 0 aliphatic rings. The molecule has 1 aromatic carbocycles. The molecule has 0 heterocycles. The van der Waals surface area contributed by atoms with Crippen LogP contribution >= 0.6 is 0 Å². The van der Waals surface area contributed by atoms with E-state index in [4.69, 9.17) is 10.5 Å². The zero-order valence-corrected chi connectivity index (χ0v) is 7.36. The van der Waals surface area contributed by atoms with Crippen LogP contribution in [0.4, 0.5) is 0 Å². The molecule has 0 unspecified atom stereocenters. The average Bonchev–Trinajstić information content (AvgIpc) is 2.18. The fourth-order valence-electron chi connectivity index (χ4n) is 1.05. The van der Waals surface area contributed by atoms with Gasteiger partial charge in [-0.05, 0) is 17.7 Å². The van der Waals surface area contributed by atoms with Gasteiger partial charge in [-0.3, -0.25) is 0 Å². The summed E-state index contributed by atoms with van der Waals surface area (Å²) in [6.45, 7) is 0.548. The second kappa shape index (κ2) is 4.13. The topological polar surface area (TPSA) is 50.8 Å². The number of nitriles is 2. The van der Waals surface area contributed by atoms with Gasteiger partial charge in [-0.2, -0.15) is 10.5 Å². The number of hydrogen-bond donors (Lipinski definition) is 0. The Hall–Kier alpha value is -2.00. The number of nitrogens with zero attached hydrogens (tertiary/aromatic N) is 3. The van der Waals surface area contributed by atoms with Gasteiger partial charge in [0.05, 0.1) is 18.2 Å². The van der Waals surface area contributed by atoms with E-state index in [1.807, 2.05) is 18.3 Å². The standard InChI is InChI=1S/C10H9N3/c1-13(8-12)7-10-4-2-3-9(5-10)6-11/h2-5H,7H2,1H3. The zero-order valence-electron chi connectivity index (χ0n) is 7.36. The maximum absolute atomic E-state index is 8.62. The Balaban J connectivity index is 2.80. The molecule has 0 amide bonds. The molecule has 0 aromatic heterocycles. The highest BCUT2D eigenvalue weighted by molar-refractivity contribution is 5.32. The minimum atomic E-state index is 0.548. The van der Waals surface area contributed by atoms with Crippen molar-refractivity contribution in [3.8, 4) is 12.3 Å². The fourth-order valence-corrected chi connectivity index (χ4v) is 1.05. The van der Waals surface area contributed by atoms with Crippen LogP contribution in [0.3, 0.4) is 0 Å². The highest BCUT2D eigenvalue weighted by Gasteiger charge is 1.97. The Kier molecular flexibility index (Phi) is 2.89. The van der Waals surface area contributed by atoms with Crippen LogP contribution in [0.2, 0.25) is 0 Å². The summed E-state index contributed by atoms with van der Waals surface area (Å²) in [6.07, 6.45) is 2.00. The van der Waals surface area contributed by atoms with E-state index in [-0.39, 0.29) is 0 Å². The Morgan fingerprint density at radius 3 is 2.77 bits per heavy atom. The molecule has 1 rings (SSSR count). The lowest BCUT2D eigenvalue weighted by Crippen LogP contribution is -2.09. The van der Waals surface area contributed by atoms with E-state index in [2.05, 4.69) is 6.07 Å². The molecule has 3 heteroatoms. The van der Waals surface area contributed by atoms with Crippen LogP contribution in [0.1, 0.15) is 11.1 Å². The van der Waals surface area contributed by atoms with Gasteiger partial charge in [-0.25, -0.2) is 0 Å². The molecule has 0 saturated heterocycles. The van der Waals surface area contributed by atoms with Gasteiger partial charge >= 0.3 is 0 Å². The molecule has 0 aliphatic carbocycles. The maximum atomic E-state index is 8.62. The molecule has 0 N–H and O–H groups in total. The lowest BCUT2D eigenvalue weighted by molar-refractivity contribution is 0.469. The van der Waals surface area contributed by atoms with Crippen LogP contribution in [-0.2, 0) is 6.54 Å². The number of benzene rings is 1. The first kappa shape index (κ1) is 9.09. The van der Waals surface area contributed by atoms with Gasteiger partial charge in [-0.15, -0.1) is 0 Å². The molecule has 13 heavy (non-hydrogen) atoms. The van der Waals surface area contributed by atoms with Gasteiger partial charge in [0.1, 0.15) is 0 Å². The number of rotatable bonds is 2. The van der Waals surface area contributed by atoms with Crippen molar-refractivity contribution in [2.45, 2.75) is 6.54 Å². The lowest BCUT2D eigenvalue weighted by atomic mass is 10.1. The summed E-state index contributed by atoms with van der Waals surface area (Å²) in [6, 6.07) is 9.30. The smallest absolute Gasteiger partial charge is 0.179 e. The highest BCUT2D eigenvalue weighted by atomic mass is 15.1. The monoisotopic (exact) mass is 171 g/mol. The minimum absolute atomic E-state index is 0.548. The van der Waals surface area contributed by atoms with Gasteiger partial charge < -0.3 is 4.90 Å². The normalized spacial score (nSPS) is 8.54. The van der Waals surface area contributed by atoms with Crippen LogP contribution < -0.4 is 0 Å². The van der Waals surface area contributed by atoms with Gasteiger partial charge in [0.25, 0.3) is 0 Å². The second-order valence-electron chi connectivity index (χ2n) is 2.77. The molecule has 3 nitrogen and oxygen atoms in total. The summed E-state index contributed by atoms with van der Waals surface area (Å²) in [5, 5.41) is 17.2. The van der Waals surface area contributed by atoms with E-state index in [1.54, 1.807) is 19.2 Å². The molecule has 0 radical (unpaired) electrons. The minimum Gasteiger partial charge on any atom is -0.309 e. The van der Waals surface area contributed by atoms with Gasteiger partial charge in [0, 0.05) is 7.05 Å². The Labute approximate surface area is 77.4 Å². The van der Waals surface area contributed by atoms with Crippen molar-refractivity contribution in [1.29, 1.82) is 10.5 Å². The predicted molar refractivity (Wildman–Crippen MR) is 48.2 cm³/mol. The molecule has 0 atom stereocenters. The largest absolute Gasteiger partial charge is 0.309 e. The molecule has 1 aromatic rings. The summed E-state index contributed by atoms with van der Waals surface area (Å²) in [5.74, 6) is 0. The van der Waals surface area contributed by atoms with Crippen LogP contribution in [0, 0.1) is 22.8 Å². The summed E-state index contributed by atoms with van der Waals surface area (Å²) in [4.78, 5) is 1.51. The van der Waals surface area contributed by atoms with E-state index < -0.39 is 0 Å². The van der Waals surface area contributed by atoms with E-state index in [9.17, 15) is 0 Å². The van der Waals surface area contributed by atoms with E-state index in [0.29, 0.717) is 12.1 Å². The van der Waals surface area contributed by atoms with Crippen molar-refractivity contribution < 1.29 is 0 Å². The molecular weight excluding hydrogens is 162 g/mol. The Morgan fingerprint density at radius 1 is 1.38 bits per heavy atom. The second-order valence-corrected chi connectivity index (χ2v) is 2.77. The van der Waals surface area contributed by atoms with Gasteiger partial charge in [-0.1, -0.05) is 12.1 Å². The molecule has 0 aliphatic heterocycles. The third-order valence-electron chi connectivity index (χ3n) is 1.65. The maximum Gasteiger partial charge on any atom is 0.179 e. The van der Waals surface area contributed by atoms with Gasteiger partial charge in [0.15, 0.2) is 6.19 Å². The van der Waals surface area contributed by atoms with Crippen LogP contribution in [-0.4, -0.2) is 11.9 Å². The van der Waals surface area contributed by atoms with Gasteiger partial charge in [0.2, 0.25) is 0 Å². The summed E-state index contributed by atoms with van der Waals surface area (Å²) < 4.78 is 0. The quantitative estimate of drug-likeness (QED) is 0.500. The van der Waals surface area contributed by atoms with E-state index in [0.717, 1.165) is 5.56 Å². The first-order valence-corrected chi connectivity index (χ1v) is 3.86. The fraction of sp³-hybridized carbons (Fsp3) is 0.200. The summed E-state index contributed by atoms with van der Waals surface area (Å²) in [7, 11) is 1.71. The Bertz CT molecular complexity index is 370. The molecule has 0 fully saturated rings. The van der Waals surface area contributed by atoms with Crippen LogP contribution in [0.5, 0.6) is 0 Å². The van der Waals surface area contributed by atoms with Crippen molar-refractivity contribution in [3.63, 3.8) is 0 Å². The molecular formula is C10H9N3. The number of hydrogen-bond acceptors (Lipinski definition) is 3. The molecule has 0 spiro atoms. The molecule has 0 bridgehead atoms. The van der Waals surface area contributed by atoms with E-state index in [1.165, 1.54) is 4.90 Å². The summed E-state index contributed by atoms with van der Waals surface area (Å²) >= 11 is 0. The summed E-state index contributed by atoms with van der Waals surface area (Å²) in [5.41, 5.74) is 1.60. The Morgan fingerprint density at radius 2 is 2.15 bits per heavy atom. The predicted octanol–water partition coefficient (Wildman–Crippen LogP) is 1.47. The van der Waals surface area contributed by atoms with Crippen LogP contribution in [0.25, 0.3) is 0 Å². The first-order valence-electron chi connectivity index (χ1n) is 3.86. The van der Waals surface area contributed by atoms with Crippen molar-refractivity contribution in [1.82, 2.24) is 4.90 Å². The van der Waals surface area contributed by atoms with E-state index >= 15 is 0 Å². The third-order valence-corrected chi connectivity index (χ3v) is 1.65. The third kappa shape index (κ3) is 2.50. The lowest BCUT2D eigenvalue weighted by Gasteiger charge is -2.07. The molecule has 64 valence electrons. The van der Waals surface area contributed by atoms with Crippen molar-refractivity contribution in [2.75, 3.05) is 7.05 Å². The van der Waals surface area contributed by atoms with Crippen LogP contribution in [0.15, 0.2) is 24.3 Å². The molecule has 0 saturated carbocycles. The first-order chi connectivity index (χ1) is 6.26. The zero-order chi connectivity index (χ0) is 9.68. The average molecular weight is 171 g/mol. The van der Waals surface area contributed by atoms with Crippen molar-refractivity contribution >= 4 is 0 Å². The SMILES string of the molecule is CN(C#N)Cc1cccc(C#N)c1. The van der Waals surface area contributed by atoms with Crippen molar-refractivity contribution in [2.24, 2.45) is 0 Å².